The van der Waals surface area contributed by atoms with Gasteiger partial charge in [-0.15, -0.1) is 0 Å². The van der Waals surface area contributed by atoms with E-state index >= 15 is 0 Å². The van der Waals surface area contributed by atoms with Gasteiger partial charge in [0.15, 0.2) is 0 Å². The molecule has 0 saturated carbocycles. The summed E-state index contributed by atoms with van der Waals surface area (Å²) in [6.45, 7) is 2.18. The van der Waals surface area contributed by atoms with E-state index in [0.29, 0.717) is 12.4 Å². The molecule has 5 heteroatoms. The molecule has 2 rings (SSSR count). The fourth-order valence-corrected chi connectivity index (χ4v) is 1.60. The first-order valence-electron chi connectivity index (χ1n) is 5.13. The van der Waals surface area contributed by atoms with E-state index < -0.39 is 0 Å². The van der Waals surface area contributed by atoms with Gasteiger partial charge >= 0.3 is 5.97 Å². The fourth-order valence-electron chi connectivity index (χ4n) is 1.60. The highest BCUT2D eigenvalue weighted by molar-refractivity contribution is 5.77. The van der Waals surface area contributed by atoms with Gasteiger partial charge in [0, 0.05) is 13.2 Å². The van der Waals surface area contributed by atoms with Crippen molar-refractivity contribution in [3.05, 3.63) is 24.3 Å². The number of nitrogens with zero attached hydrogens (tertiary/aromatic N) is 3. The summed E-state index contributed by atoms with van der Waals surface area (Å²) in [5.74, 6) is 0.440. The number of carbonyl (C=O) groups excluding carboxylic acids is 1. The second kappa shape index (κ2) is 4.30. The standard InChI is InChI=1S/C11H13N3O2/c1-3-16-11(15)6-10-13-8-7-12-5-4-9(8)14(10)2/h4-5,7H,3,6H2,1-2H3. The molecule has 0 fully saturated rings. The lowest BCUT2D eigenvalue weighted by Gasteiger charge is -2.02. The number of aromatic nitrogens is 3. The van der Waals surface area contributed by atoms with Crippen molar-refractivity contribution in [1.82, 2.24) is 14.5 Å². The first-order valence-corrected chi connectivity index (χ1v) is 5.13. The van der Waals surface area contributed by atoms with E-state index in [4.69, 9.17) is 4.74 Å². The molecule has 2 aromatic rings. The van der Waals surface area contributed by atoms with E-state index in [2.05, 4.69) is 9.97 Å². The molecule has 0 saturated heterocycles. The van der Waals surface area contributed by atoms with Gasteiger partial charge in [-0.25, -0.2) is 4.98 Å². The van der Waals surface area contributed by atoms with Crippen LogP contribution in [0.3, 0.4) is 0 Å². The molecule has 16 heavy (non-hydrogen) atoms. The molecule has 0 aliphatic carbocycles. The zero-order valence-electron chi connectivity index (χ0n) is 9.30. The molecule has 2 heterocycles. The van der Waals surface area contributed by atoms with Gasteiger partial charge in [0.05, 0.1) is 18.3 Å². The summed E-state index contributed by atoms with van der Waals surface area (Å²) in [5, 5.41) is 0. The van der Waals surface area contributed by atoms with Crippen LogP contribution in [0.2, 0.25) is 0 Å². The van der Waals surface area contributed by atoms with Crippen molar-refractivity contribution in [1.29, 1.82) is 0 Å². The molecule has 0 atom stereocenters. The quantitative estimate of drug-likeness (QED) is 0.725. The van der Waals surface area contributed by atoms with Gasteiger partial charge in [-0.2, -0.15) is 0 Å². The van der Waals surface area contributed by atoms with Crippen LogP contribution in [0.5, 0.6) is 0 Å². The van der Waals surface area contributed by atoms with Crippen LogP contribution in [0.1, 0.15) is 12.7 Å². The minimum absolute atomic E-state index is 0.193. The Bertz CT molecular complexity index is 519. The number of fused-ring (bicyclic) bond motifs is 1. The molecule has 0 spiro atoms. The first-order chi connectivity index (χ1) is 7.72. The lowest BCUT2D eigenvalue weighted by molar-refractivity contribution is -0.142. The number of hydrogen-bond donors (Lipinski definition) is 0. The number of imidazole rings is 1. The maximum atomic E-state index is 11.4. The Kier molecular flexibility index (Phi) is 2.85. The van der Waals surface area contributed by atoms with E-state index in [9.17, 15) is 4.79 Å². The van der Waals surface area contributed by atoms with Gasteiger partial charge in [0.1, 0.15) is 17.8 Å². The number of rotatable bonds is 3. The van der Waals surface area contributed by atoms with Crippen LogP contribution >= 0.6 is 0 Å². The Hall–Kier alpha value is -1.91. The molecule has 2 aromatic heterocycles. The molecule has 0 N–H and O–H groups in total. The molecule has 5 nitrogen and oxygen atoms in total. The summed E-state index contributed by atoms with van der Waals surface area (Å²) in [4.78, 5) is 19.7. The van der Waals surface area contributed by atoms with Crippen molar-refractivity contribution >= 4 is 17.0 Å². The average Bonchev–Trinajstić information content (AvgIpc) is 2.57. The predicted octanol–water partition coefficient (Wildman–Crippen LogP) is 1.07. The molecular formula is C11H13N3O2. The van der Waals surface area contributed by atoms with Gasteiger partial charge in [0.25, 0.3) is 0 Å². The number of esters is 1. The number of hydrogen-bond acceptors (Lipinski definition) is 4. The highest BCUT2D eigenvalue weighted by Crippen LogP contribution is 2.13. The van der Waals surface area contributed by atoms with Gasteiger partial charge in [-0.1, -0.05) is 0 Å². The number of carbonyl (C=O) groups is 1. The molecule has 0 aliphatic rings. The van der Waals surface area contributed by atoms with Crippen LogP contribution in [0.4, 0.5) is 0 Å². The van der Waals surface area contributed by atoms with E-state index in [1.54, 1.807) is 19.3 Å². The molecule has 0 aromatic carbocycles. The maximum absolute atomic E-state index is 11.4. The van der Waals surface area contributed by atoms with Gasteiger partial charge in [0.2, 0.25) is 0 Å². The van der Waals surface area contributed by atoms with Crippen LogP contribution in [0, 0.1) is 0 Å². The van der Waals surface area contributed by atoms with Crippen LogP contribution in [0.15, 0.2) is 18.5 Å². The Morgan fingerprint density at radius 2 is 2.38 bits per heavy atom. The summed E-state index contributed by atoms with van der Waals surface area (Å²) >= 11 is 0. The largest absolute Gasteiger partial charge is 0.466 e. The molecular weight excluding hydrogens is 206 g/mol. The maximum Gasteiger partial charge on any atom is 0.313 e. The Morgan fingerprint density at radius 3 is 3.06 bits per heavy atom. The normalized spacial score (nSPS) is 10.6. The number of pyridine rings is 1. The van der Waals surface area contributed by atoms with Crippen LogP contribution < -0.4 is 0 Å². The molecule has 0 bridgehead atoms. The topological polar surface area (TPSA) is 57.0 Å². The monoisotopic (exact) mass is 219 g/mol. The Balaban J connectivity index is 2.31. The van der Waals surface area contributed by atoms with Gasteiger partial charge in [-0.05, 0) is 13.0 Å². The van der Waals surface area contributed by atoms with Crippen molar-refractivity contribution in [2.45, 2.75) is 13.3 Å². The summed E-state index contributed by atoms with van der Waals surface area (Å²) in [6, 6.07) is 1.87. The van der Waals surface area contributed by atoms with E-state index in [0.717, 1.165) is 11.0 Å². The molecule has 0 unspecified atom stereocenters. The van der Waals surface area contributed by atoms with Gasteiger partial charge < -0.3 is 9.30 Å². The minimum atomic E-state index is -0.256. The summed E-state index contributed by atoms with van der Waals surface area (Å²) in [6.07, 6.45) is 3.58. The minimum Gasteiger partial charge on any atom is -0.466 e. The number of aryl methyl sites for hydroxylation is 1. The summed E-state index contributed by atoms with van der Waals surface area (Å²) < 4.78 is 6.77. The summed E-state index contributed by atoms with van der Waals surface area (Å²) in [5.41, 5.74) is 1.76. The predicted molar refractivity (Wildman–Crippen MR) is 58.8 cm³/mol. The SMILES string of the molecule is CCOC(=O)Cc1nc2cnccc2n1C. The molecule has 0 amide bonds. The zero-order valence-corrected chi connectivity index (χ0v) is 9.30. The number of ether oxygens (including phenoxy) is 1. The van der Waals surface area contributed by atoms with Crippen molar-refractivity contribution in [3.8, 4) is 0 Å². The Morgan fingerprint density at radius 1 is 1.56 bits per heavy atom. The lowest BCUT2D eigenvalue weighted by atomic mass is 10.4. The fraction of sp³-hybridized carbons (Fsp3) is 0.364. The van der Waals surface area contributed by atoms with Crippen molar-refractivity contribution in [2.24, 2.45) is 7.05 Å². The summed E-state index contributed by atoms with van der Waals surface area (Å²) in [7, 11) is 1.88. The third-order valence-electron chi connectivity index (χ3n) is 2.38. The second-order valence-electron chi connectivity index (χ2n) is 3.43. The van der Waals surface area contributed by atoms with Crippen LogP contribution in [0.25, 0.3) is 11.0 Å². The van der Waals surface area contributed by atoms with Crippen molar-refractivity contribution in [2.75, 3.05) is 6.61 Å². The molecule has 84 valence electrons. The molecule has 0 radical (unpaired) electrons. The molecule has 0 aliphatic heterocycles. The Labute approximate surface area is 93.1 Å². The van der Waals surface area contributed by atoms with Crippen LogP contribution in [-0.4, -0.2) is 27.1 Å². The van der Waals surface area contributed by atoms with E-state index in [1.807, 2.05) is 17.7 Å². The smallest absolute Gasteiger partial charge is 0.313 e. The van der Waals surface area contributed by atoms with Crippen molar-refractivity contribution < 1.29 is 9.53 Å². The van der Waals surface area contributed by atoms with Crippen molar-refractivity contribution in [3.63, 3.8) is 0 Å². The van der Waals surface area contributed by atoms with E-state index in [-0.39, 0.29) is 12.4 Å². The zero-order chi connectivity index (χ0) is 11.5. The lowest BCUT2D eigenvalue weighted by Crippen LogP contribution is -2.11. The average molecular weight is 219 g/mol. The van der Waals surface area contributed by atoms with E-state index in [1.165, 1.54) is 0 Å². The highest BCUT2D eigenvalue weighted by atomic mass is 16.5. The highest BCUT2D eigenvalue weighted by Gasteiger charge is 2.11. The van der Waals surface area contributed by atoms with Gasteiger partial charge in [-0.3, -0.25) is 9.78 Å². The first kappa shape index (κ1) is 10.6. The van der Waals surface area contributed by atoms with Crippen LogP contribution in [-0.2, 0) is 23.0 Å². The third kappa shape index (κ3) is 1.88. The second-order valence-corrected chi connectivity index (χ2v) is 3.43. The third-order valence-corrected chi connectivity index (χ3v) is 2.38.